The molecule has 0 aromatic heterocycles. The maximum Gasteiger partial charge on any atom is 0.161 e. The summed E-state index contributed by atoms with van der Waals surface area (Å²) < 4.78 is 10.6. The quantitative estimate of drug-likeness (QED) is 0.771. The van der Waals surface area contributed by atoms with E-state index in [0.717, 1.165) is 18.0 Å². The molecule has 0 saturated carbocycles. The minimum Gasteiger partial charge on any atom is -0.493 e. The number of rotatable bonds is 7. The molecule has 1 aromatic carbocycles. The van der Waals surface area contributed by atoms with Crippen molar-refractivity contribution >= 4 is 11.8 Å². The molecule has 1 aromatic rings. The second-order valence-corrected chi connectivity index (χ2v) is 5.79. The zero-order chi connectivity index (χ0) is 13.5. The molecular formula is C14H23NO2S. The third-order valence-electron chi connectivity index (χ3n) is 2.79. The predicted octanol–water partition coefficient (Wildman–Crippen LogP) is 3.04. The van der Waals surface area contributed by atoms with Crippen molar-refractivity contribution in [3.8, 4) is 11.5 Å². The molecule has 1 N–H and O–H groups in total. The van der Waals surface area contributed by atoms with Crippen molar-refractivity contribution in [1.29, 1.82) is 0 Å². The van der Waals surface area contributed by atoms with Gasteiger partial charge in [0.15, 0.2) is 11.5 Å². The molecule has 102 valence electrons. The minimum atomic E-state index is 0.549. The highest BCUT2D eigenvalue weighted by Gasteiger charge is 2.15. The Morgan fingerprint density at radius 2 is 1.83 bits per heavy atom. The topological polar surface area (TPSA) is 30.5 Å². The van der Waals surface area contributed by atoms with Crippen LogP contribution in [0.15, 0.2) is 23.1 Å². The van der Waals surface area contributed by atoms with Gasteiger partial charge in [0.25, 0.3) is 0 Å². The molecule has 0 aliphatic carbocycles. The van der Waals surface area contributed by atoms with Crippen LogP contribution in [0.5, 0.6) is 11.5 Å². The van der Waals surface area contributed by atoms with Gasteiger partial charge < -0.3 is 14.8 Å². The Kier molecular flexibility index (Phi) is 6.36. The van der Waals surface area contributed by atoms with Crippen LogP contribution in [-0.4, -0.2) is 33.1 Å². The van der Waals surface area contributed by atoms with Crippen LogP contribution in [0.2, 0.25) is 0 Å². The highest BCUT2D eigenvalue weighted by Crippen LogP contribution is 2.35. The lowest BCUT2D eigenvalue weighted by molar-refractivity contribution is 0.354. The number of hydrogen-bond acceptors (Lipinski definition) is 4. The summed E-state index contributed by atoms with van der Waals surface area (Å²) in [6.45, 7) is 5.49. The van der Waals surface area contributed by atoms with E-state index in [-0.39, 0.29) is 0 Å². The number of benzene rings is 1. The van der Waals surface area contributed by atoms with Crippen molar-refractivity contribution < 1.29 is 9.47 Å². The molecule has 0 fully saturated rings. The van der Waals surface area contributed by atoms with Gasteiger partial charge >= 0.3 is 0 Å². The first-order chi connectivity index (χ1) is 8.62. The first kappa shape index (κ1) is 15.2. The van der Waals surface area contributed by atoms with Crippen LogP contribution in [0.1, 0.15) is 13.8 Å². The van der Waals surface area contributed by atoms with Crippen molar-refractivity contribution in [3.63, 3.8) is 0 Å². The first-order valence-electron chi connectivity index (χ1n) is 6.15. The Bertz CT molecular complexity index is 369. The van der Waals surface area contributed by atoms with Crippen molar-refractivity contribution in [1.82, 2.24) is 5.32 Å². The van der Waals surface area contributed by atoms with E-state index >= 15 is 0 Å². The Morgan fingerprint density at radius 3 is 2.33 bits per heavy atom. The van der Waals surface area contributed by atoms with Crippen LogP contribution in [-0.2, 0) is 0 Å². The largest absolute Gasteiger partial charge is 0.493 e. The standard InChI is InChI=1S/C14H23NO2S/c1-10(2)14(9-15-3)18-11-6-7-12(16-4)13(8-11)17-5/h6-8,10,14-15H,9H2,1-5H3. The van der Waals surface area contributed by atoms with E-state index < -0.39 is 0 Å². The number of nitrogens with one attached hydrogen (secondary N) is 1. The van der Waals surface area contributed by atoms with Crippen LogP contribution in [0.3, 0.4) is 0 Å². The van der Waals surface area contributed by atoms with E-state index in [1.165, 1.54) is 4.90 Å². The normalized spacial score (nSPS) is 12.6. The van der Waals surface area contributed by atoms with Gasteiger partial charge in [-0.05, 0) is 31.2 Å². The van der Waals surface area contributed by atoms with Crippen molar-refractivity contribution in [2.24, 2.45) is 5.92 Å². The van der Waals surface area contributed by atoms with E-state index in [4.69, 9.17) is 9.47 Å². The van der Waals surface area contributed by atoms with E-state index in [2.05, 4.69) is 25.2 Å². The molecule has 0 aliphatic rings. The highest BCUT2D eigenvalue weighted by atomic mass is 32.2. The fourth-order valence-corrected chi connectivity index (χ4v) is 2.87. The third-order valence-corrected chi connectivity index (χ3v) is 4.33. The van der Waals surface area contributed by atoms with E-state index in [1.807, 2.05) is 30.9 Å². The molecule has 18 heavy (non-hydrogen) atoms. The second-order valence-electron chi connectivity index (χ2n) is 4.47. The molecule has 3 nitrogen and oxygen atoms in total. The summed E-state index contributed by atoms with van der Waals surface area (Å²) in [5.41, 5.74) is 0. The molecule has 0 heterocycles. The summed E-state index contributed by atoms with van der Waals surface area (Å²) in [6, 6.07) is 6.07. The van der Waals surface area contributed by atoms with Gasteiger partial charge in [0.1, 0.15) is 0 Å². The van der Waals surface area contributed by atoms with Crippen molar-refractivity contribution in [3.05, 3.63) is 18.2 Å². The highest BCUT2D eigenvalue weighted by molar-refractivity contribution is 8.00. The Balaban J connectivity index is 2.83. The smallest absolute Gasteiger partial charge is 0.161 e. The summed E-state index contributed by atoms with van der Waals surface area (Å²) in [5.74, 6) is 2.18. The number of ether oxygens (including phenoxy) is 2. The molecule has 1 unspecified atom stereocenters. The average molecular weight is 269 g/mol. The van der Waals surface area contributed by atoms with Gasteiger partial charge in [0, 0.05) is 16.7 Å². The Labute approximate surface area is 114 Å². The zero-order valence-electron chi connectivity index (χ0n) is 11.8. The molecule has 0 amide bonds. The molecule has 1 atom stereocenters. The molecule has 0 radical (unpaired) electrons. The number of methoxy groups -OCH3 is 2. The average Bonchev–Trinajstić information content (AvgIpc) is 2.37. The van der Waals surface area contributed by atoms with Gasteiger partial charge in [0.05, 0.1) is 14.2 Å². The predicted molar refractivity (Wildman–Crippen MR) is 78.0 cm³/mol. The molecule has 0 bridgehead atoms. The molecular weight excluding hydrogens is 246 g/mol. The summed E-state index contributed by atoms with van der Waals surface area (Å²) >= 11 is 1.87. The second kappa shape index (κ2) is 7.54. The minimum absolute atomic E-state index is 0.549. The summed E-state index contributed by atoms with van der Waals surface area (Å²) in [7, 11) is 5.31. The Hall–Kier alpha value is -0.870. The lowest BCUT2D eigenvalue weighted by Gasteiger charge is -2.20. The summed E-state index contributed by atoms with van der Waals surface area (Å²) in [4.78, 5) is 1.21. The molecule has 0 saturated heterocycles. The van der Waals surface area contributed by atoms with Gasteiger partial charge in [0.2, 0.25) is 0 Å². The van der Waals surface area contributed by atoms with Gasteiger partial charge in [-0.15, -0.1) is 11.8 Å². The number of hydrogen-bond donors (Lipinski definition) is 1. The lowest BCUT2D eigenvalue weighted by atomic mass is 10.1. The van der Waals surface area contributed by atoms with Crippen LogP contribution >= 0.6 is 11.8 Å². The monoisotopic (exact) mass is 269 g/mol. The zero-order valence-corrected chi connectivity index (χ0v) is 12.6. The van der Waals surface area contributed by atoms with Crippen LogP contribution in [0.25, 0.3) is 0 Å². The maximum absolute atomic E-state index is 5.32. The third kappa shape index (κ3) is 4.10. The fraction of sp³-hybridized carbons (Fsp3) is 0.571. The number of thioether (sulfide) groups is 1. The lowest BCUT2D eigenvalue weighted by Crippen LogP contribution is -2.25. The molecule has 1 rings (SSSR count). The van der Waals surface area contributed by atoms with Gasteiger partial charge in [-0.3, -0.25) is 0 Å². The van der Waals surface area contributed by atoms with E-state index in [9.17, 15) is 0 Å². The van der Waals surface area contributed by atoms with Gasteiger partial charge in [-0.25, -0.2) is 0 Å². The molecule has 0 aliphatic heterocycles. The van der Waals surface area contributed by atoms with Crippen LogP contribution in [0.4, 0.5) is 0 Å². The SMILES string of the molecule is CNCC(Sc1ccc(OC)c(OC)c1)C(C)C. The maximum atomic E-state index is 5.32. The Morgan fingerprint density at radius 1 is 1.17 bits per heavy atom. The van der Waals surface area contributed by atoms with E-state index in [0.29, 0.717) is 11.2 Å². The van der Waals surface area contributed by atoms with Crippen molar-refractivity contribution in [2.45, 2.75) is 24.0 Å². The van der Waals surface area contributed by atoms with Crippen LogP contribution < -0.4 is 14.8 Å². The summed E-state index contributed by atoms with van der Waals surface area (Å²) in [6.07, 6.45) is 0. The van der Waals surface area contributed by atoms with E-state index in [1.54, 1.807) is 14.2 Å². The van der Waals surface area contributed by atoms with Crippen molar-refractivity contribution in [2.75, 3.05) is 27.8 Å². The molecule has 4 heteroatoms. The summed E-state index contributed by atoms with van der Waals surface area (Å²) in [5, 5.41) is 3.79. The van der Waals surface area contributed by atoms with Crippen LogP contribution in [0, 0.1) is 5.92 Å². The van der Waals surface area contributed by atoms with Gasteiger partial charge in [-0.2, -0.15) is 0 Å². The first-order valence-corrected chi connectivity index (χ1v) is 7.03. The van der Waals surface area contributed by atoms with Gasteiger partial charge in [-0.1, -0.05) is 13.8 Å². The fourth-order valence-electron chi connectivity index (χ4n) is 1.68. The molecule has 0 spiro atoms.